The fourth-order valence-electron chi connectivity index (χ4n) is 1.44. The molecule has 16 heavy (non-hydrogen) atoms. The molecule has 0 bridgehead atoms. The molecular weight excluding hydrogens is 242 g/mol. The normalized spacial score (nSPS) is 10.4. The molecule has 0 radical (unpaired) electrons. The summed E-state index contributed by atoms with van der Waals surface area (Å²) in [7, 11) is 0. The van der Waals surface area contributed by atoms with Crippen molar-refractivity contribution in [1.82, 2.24) is 4.98 Å². The number of alkyl halides is 1. The first-order chi connectivity index (χ1) is 7.72. The molecule has 0 saturated carbocycles. The van der Waals surface area contributed by atoms with E-state index in [9.17, 15) is 4.79 Å². The molecule has 0 N–H and O–H groups in total. The molecule has 1 heterocycles. The standard InChI is InChI=1S/C12H10ClNOS/c1-8-11(9-5-3-2-4-6-9)14-12(16-8)10(15)7-13/h2-6H,7H2,1H3. The van der Waals surface area contributed by atoms with Crippen LogP contribution in [0.15, 0.2) is 30.3 Å². The lowest BCUT2D eigenvalue weighted by Crippen LogP contribution is -1.98. The van der Waals surface area contributed by atoms with Crippen LogP contribution >= 0.6 is 22.9 Å². The van der Waals surface area contributed by atoms with E-state index in [-0.39, 0.29) is 11.7 Å². The fraction of sp³-hybridized carbons (Fsp3) is 0.167. The molecule has 0 aliphatic carbocycles. The van der Waals surface area contributed by atoms with E-state index in [4.69, 9.17) is 11.6 Å². The third-order valence-corrected chi connectivity index (χ3v) is 3.46. The summed E-state index contributed by atoms with van der Waals surface area (Å²) in [5, 5.41) is 0.492. The average Bonchev–Trinajstić information content (AvgIpc) is 2.71. The van der Waals surface area contributed by atoms with Crippen molar-refractivity contribution in [2.45, 2.75) is 6.92 Å². The van der Waals surface area contributed by atoms with Crippen molar-refractivity contribution in [3.8, 4) is 11.3 Å². The quantitative estimate of drug-likeness (QED) is 0.617. The van der Waals surface area contributed by atoms with Gasteiger partial charge >= 0.3 is 0 Å². The van der Waals surface area contributed by atoms with Crippen molar-refractivity contribution in [3.05, 3.63) is 40.2 Å². The number of ketones is 1. The SMILES string of the molecule is Cc1sc(C(=O)CCl)nc1-c1ccccc1. The minimum Gasteiger partial charge on any atom is -0.290 e. The maximum atomic E-state index is 11.4. The summed E-state index contributed by atoms with van der Waals surface area (Å²) < 4.78 is 0. The molecule has 0 aliphatic heterocycles. The van der Waals surface area contributed by atoms with E-state index in [0.29, 0.717) is 5.01 Å². The first kappa shape index (κ1) is 11.3. The predicted octanol–water partition coefficient (Wildman–Crippen LogP) is 3.54. The van der Waals surface area contributed by atoms with Gasteiger partial charge in [-0.1, -0.05) is 30.3 Å². The third kappa shape index (κ3) is 2.15. The molecule has 4 heteroatoms. The number of aryl methyl sites for hydroxylation is 1. The van der Waals surface area contributed by atoms with Crippen LogP contribution in [0, 0.1) is 6.92 Å². The van der Waals surface area contributed by atoms with Crippen LogP contribution < -0.4 is 0 Å². The Hall–Kier alpha value is -1.19. The minimum absolute atomic E-state index is 0.0127. The van der Waals surface area contributed by atoms with E-state index in [2.05, 4.69) is 4.98 Å². The van der Waals surface area contributed by atoms with Gasteiger partial charge in [0.05, 0.1) is 11.6 Å². The summed E-state index contributed by atoms with van der Waals surface area (Å²) in [4.78, 5) is 16.8. The lowest BCUT2D eigenvalue weighted by atomic mass is 10.1. The van der Waals surface area contributed by atoms with Crippen LogP contribution in [0.3, 0.4) is 0 Å². The van der Waals surface area contributed by atoms with Gasteiger partial charge < -0.3 is 0 Å². The highest BCUT2D eigenvalue weighted by Gasteiger charge is 2.14. The molecule has 2 nitrogen and oxygen atoms in total. The zero-order valence-corrected chi connectivity index (χ0v) is 10.3. The average molecular weight is 252 g/mol. The van der Waals surface area contributed by atoms with Gasteiger partial charge in [0, 0.05) is 10.4 Å². The van der Waals surface area contributed by atoms with Gasteiger partial charge in [-0.3, -0.25) is 4.79 Å². The van der Waals surface area contributed by atoms with Crippen molar-refractivity contribution < 1.29 is 4.79 Å². The van der Waals surface area contributed by atoms with Crippen molar-refractivity contribution in [2.75, 3.05) is 5.88 Å². The maximum Gasteiger partial charge on any atom is 0.206 e. The van der Waals surface area contributed by atoms with Crippen LogP contribution in [-0.4, -0.2) is 16.6 Å². The van der Waals surface area contributed by atoms with Crippen LogP contribution in [0.5, 0.6) is 0 Å². The van der Waals surface area contributed by atoms with Crippen LogP contribution in [0.1, 0.15) is 14.7 Å². The third-order valence-electron chi connectivity index (χ3n) is 2.20. The number of rotatable bonds is 3. The van der Waals surface area contributed by atoms with Crippen molar-refractivity contribution in [1.29, 1.82) is 0 Å². The molecule has 0 atom stereocenters. The zero-order valence-electron chi connectivity index (χ0n) is 8.74. The molecule has 0 saturated heterocycles. The molecule has 2 rings (SSSR count). The molecule has 1 aromatic carbocycles. The highest BCUT2D eigenvalue weighted by atomic mass is 35.5. The smallest absolute Gasteiger partial charge is 0.206 e. The lowest BCUT2D eigenvalue weighted by molar-refractivity contribution is 0.102. The van der Waals surface area contributed by atoms with E-state index in [1.165, 1.54) is 11.3 Å². The van der Waals surface area contributed by atoms with Crippen LogP contribution in [0.25, 0.3) is 11.3 Å². The Bertz CT molecular complexity index is 507. The van der Waals surface area contributed by atoms with Crippen LogP contribution in [-0.2, 0) is 0 Å². The van der Waals surface area contributed by atoms with Crippen molar-refractivity contribution in [3.63, 3.8) is 0 Å². The highest BCUT2D eigenvalue weighted by Crippen LogP contribution is 2.27. The Labute approximate surface area is 103 Å². The number of nitrogens with zero attached hydrogens (tertiary/aromatic N) is 1. The van der Waals surface area contributed by atoms with E-state index >= 15 is 0 Å². The Morgan fingerprint density at radius 3 is 2.69 bits per heavy atom. The van der Waals surface area contributed by atoms with Gasteiger partial charge in [-0.05, 0) is 6.92 Å². The van der Waals surface area contributed by atoms with Crippen molar-refractivity contribution >= 4 is 28.7 Å². The first-order valence-corrected chi connectivity index (χ1v) is 6.19. The van der Waals surface area contributed by atoms with Crippen LogP contribution in [0.2, 0.25) is 0 Å². The van der Waals surface area contributed by atoms with Crippen molar-refractivity contribution in [2.24, 2.45) is 0 Å². The molecular formula is C12H10ClNOS. The van der Waals surface area contributed by atoms with E-state index in [0.717, 1.165) is 16.1 Å². The largest absolute Gasteiger partial charge is 0.290 e. The predicted molar refractivity (Wildman–Crippen MR) is 67.3 cm³/mol. The fourth-order valence-corrected chi connectivity index (χ4v) is 2.52. The Morgan fingerprint density at radius 1 is 1.38 bits per heavy atom. The summed E-state index contributed by atoms with van der Waals surface area (Å²) in [6.07, 6.45) is 0. The Balaban J connectivity index is 2.44. The molecule has 0 spiro atoms. The first-order valence-electron chi connectivity index (χ1n) is 4.84. The topological polar surface area (TPSA) is 30.0 Å². The molecule has 1 aromatic heterocycles. The number of Topliss-reactive ketones (excluding diaryl/α,β-unsaturated/α-hetero) is 1. The number of carbonyl (C=O) groups is 1. The summed E-state index contributed by atoms with van der Waals surface area (Å²) in [6, 6.07) is 9.83. The highest BCUT2D eigenvalue weighted by molar-refractivity contribution is 7.14. The Morgan fingerprint density at radius 2 is 2.06 bits per heavy atom. The lowest BCUT2D eigenvalue weighted by Gasteiger charge is -1.96. The van der Waals surface area contributed by atoms with Gasteiger partial charge in [0.15, 0.2) is 5.01 Å². The summed E-state index contributed by atoms with van der Waals surface area (Å²) >= 11 is 6.91. The van der Waals surface area contributed by atoms with Gasteiger partial charge in [-0.25, -0.2) is 4.98 Å². The molecule has 82 valence electrons. The van der Waals surface area contributed by atoms with Gasteiger partial charge in [-0.15, -0.1) is 22.9 Å². The van der Waals surface area contributed by atoms with Gasteiger partial charge in [0.25, 0.3) is 0 Å². The zero-order chi connectivity index (χ0) is 11.5. The number of thiazole rings is 1. The monoisotopic (exact) mass is 251 g/mol. The minimum atomic E-state index is -0.114. The van der Waals surface area contributed by atoms with Gasteiger partial charge in [0.2, 0.25) is 5.78 Å². The summed E-state index contributed by atoms with van der Waals surface area (Å²) in [5.74, 6) is -0.127. The van der Waals surface area contributed by atoms with Gasteiger partial charge in [-0.2, -0.15) is 0 Å². The number of halogens is 1. The van der Waals surface area contributed by atoms with Crippen LogP contribution in [0.4, 0.5) is 0 Å². The van der Waals surface area contributed by atoms with E-state index in [1.807, 2.05) is 37.3 Å². The number of carbonyl (C=O) groups excluding carboxylic acids is 1. The molecule has 0 amide bonds. The van der Waals surface area contributed by atoms with E-state index < -0.39 is 0 Å². The molecule has 0 unspecified atom stereocenters. The number of hydrogen-bond acceptors (Lipinski definition) is 3. The number of benzene rings is 1. The van der Waals surface area contributed by atoms with Gasteiger partial charge in [0.1, 0.15) is 0 Å². The Kier molecular flexibility index (Phi) is 3.36. The second-order valence-electron chi connectivity index (χ2n) is 3.35. The summed E-state index contributed by atoms with van der Waals surface area (Å²) in [5.41, 5.74) is 1.91. The second-order valence-corrected chi connectivity index (χ2v) is 4.82. The number of aromatic nitrogens is 1. The molecule has 0 aliphatic rings. The van der Waals surface area contributed by atoms with E-state index in [1.54, 1.807) is 0 Å². The molecule has 0 fully saturated rings. The number of hydrogen-bond donors (Lipinski definition) is 0. The summed E-state index contributed by atoms with van der Waals surface area (Å²) in [6.45, 7) is 1.96. The molecule has 2 aromatic rings. The second kappa shape index (κ2) is 4.76. The maximum absolute atomic E-state index is 11.4.